The number of carbonyl (C=O) groups is 1. The van der Waals surface area contributed by atoms with Crippen molar-refractivity contribution in [1.82, 2.24) is 4.98 Å². The normalized spacial score (nSPS) is 12.2. The summed E-state index contributed by atoms with van der Waals surface area (Å²) in [6.07, 6.45) is 4.84. The molecule has 0 aliphatic carbocycles. The van der Waals surface area contributed by atoms with Gasteiger partial charge in [0.15, 0.2) is 10.8 Å². The Morgan fingerprint density at radius 3 is 2.83 bits per heavy atom. The largest absolute Gasteiger partial charge is 0.464 e. The molecule has 1 rings (SSSR count). The van der Waals surface area contributed by atoms with Gasteiger partial charge in [0, 0.05) is 10.9 Å². The lowest BCUT2D eigenvalue weighted by Crippen LogP contribution is -2.15. The van der Waals surface area contributed by atoms with Crippen LogP contribution in [0.5, 0.6) is 0 Å². The Kier molecular flexibility index (Phi) is 6.12. The van der Waals surface area contributed by atoms with Crippen molar-refractivity contribution < 1.29 is 9.53 Å². The molecular formula is C13H22N2O2S. The number of nitrogens with zero attached hydrogens (tertiary/aromatic N) is 1. The average Bonchev–Trinajstić information content (AvgIpc) is 2.69. The molecule has 1 atom stereocenters. The van der Waals surface area contributed by atoms with E-state index < -0.39 is 0 Å². The van der Waals surface area contributed by atoms with Crippen LogP contribution in [-0.2, 0) is 4.74 Å². The molecule has 1 aromatic heterocycles. The molecule has 0 aliphatic heterocycles. The van der Waals surface area contributed by atoms with Crippen LogP contribution >= 0.6 is 11.3 Å². The Bertz CT molecular complexity index is 390. The standard InChI is InChI=1S/C13H22N2O2S/c1-5-6-7-8-9(2)14-13-15-11(10(3)18-13)12(16)17-4/h9H,5-8H2,1-4H3,(H,14,15). The number of aryl methyl sites for hydroxylation is 1. The zero-order valence-electron chi connectivity index (χ0n) is 11.6. The number of unbranched alkanes of at least 4 members (excludes halogenated alkanes) is 2. The zero-order valence-corrected chi connectivity index (χ0v) is 12.4. The minimum absolute atomic E-state index is 0.365. The molecule has 102 valence electrons. The van der Waals surface area contributed by atoms with Crippen molar-refractivity contribution in [3.05, 3.63) is 10.6 Å². The van der Waals surface area contributed by atoms with E-state index in [-0.39, 0.29) is 5.97 Å². The number of hydrogen-bond donors (Lipinski definition) is 1. The third-order valence-corrected chi connectivity index (χ3v) is 3.69. The highest BCUT2D eigenvalue weighted by molar-refractivity contribution is 7.15. The van der Waals surface area contributed by atoms with Crippen molar-refractivity contribution >= 4 is 22.4 Å². The quantitative estimate of drug-likeness (QED) is 0.607. The Morgan fingerprint density at radius 1 is 1.50 bits per heavy atom. The number of aromatic nitrogens is 1. The number of hydrogen-bond acceptors (Lipinski definition) is 5. The highest BCUT2D eigenvalue weighted by Gasteiger charge is 2.16. The van der Waals surface area contributed by atoms with Crippen LogP contribution in [0.25, 0.3) is 0 Å². The lowest BCUT2D eigenvalue weighted by molar-refractivity contribution is 0.0594. The second-order valence-electron chi connectivity index (χ2n) is 4.46. The van der Waals surface area contributed by atoms with E-state index in [0.29, 0.717) is 11.7 Å². The van der Waals surface area contributed by atoms with Crippen LogP contribution in [0.4, 0.5) is 5.13 Å². The third kappa shape index (κ3) is 4.29. The molecule has 0 bridgehead atoms. The number of nitrogens with one attached hydrogen (secondary N) is 1. The molecule has 4 nitrogen and oxygen atoms in total. The molecule has 0 aliphatic rings. The highest BCUT2D eigenvalue weighted by atomic mass is 32.1. The van der Waals surface area contributed by atoms with E-state index in [2.05, 4.69) is 24.1 Å². The van der Waals surface area contributed by atoms with Crippen LogP contribution in [0.1, 0.15) is 54.9 Å². The lowest BCUT2D eigenvalue weighted by atomic mass is 10.1. The minimum atomic E-state index is -0.365. The number of ether oxygens (including phenoxy) is 1. The van der Waals surface area contributed by atoms with Gasteiger partial charge in [0.2, 0.25) is 0 Å². The molecule has 0 saturated heterocycles. The summed E-state index contributed by atoms with van der Waals surface area (Å²) in [6.45, 7) is 6.23. The van der Waals surface area contributed by atoms with Gasteiger partial charge in [0.25, 0.3) is 0 Å². The summed E-state index contributed by atoms with van der Waals surface area (Å²) in [6, 6.07) is 0.382. The maximum Gasteiger partial charge on any atom is 0.357 e. The Hall–Kier alpha value is -1.10. The second-order valence-corrected chi connectivity index (χ2v) is 5.66. The fraction of sp³-hybridized carbons (Fsp3) is 0.692. The third-order valence-electron chi connectivity index (χ3n) is 2.79. The fourth-order valence-electron chi connectivity index (χ4n) is 1.73. The predicted octanol–water partition coefficient (Wildman–Crippen LogP) is 3.62. The first-order valence-corrected chi connectivity index (χ1v) is 7.22. The molecule has 1 aromatic rings. The number of esters is 1. The molecule has 1 heterocycles. The summed E-state index contributed by atoms with van der Waals surface area (Å²) in [4.78, 5) is 16.6. The predicted molar refractivity (Wildman–Crippen MR) is 75.4 cm³/mol. The summed E-state index contributed by atoms with van der Waals surface area (Å²) in [7, 11) is 1.38. The molecule has 0 amide bonds. The number of carbonyl (C=O) groups excluding carboxylic acids is 1. The van der Waals surface area contributed by atoms with Crippen LogP contribution in [0.3, 0.4) is 0 Å². The van der Waals surface area contributed by atoms with Gasteiger partial charge in [-0.3, -0.25) is 0 Å². The van der Waals surface area contributed by atoms with Crippen LogP contribution in [0.2, 0.25) is 0 Å². The summed E-state index contributed by atoms with van der Waals surface area (Å²) >= 11 is 1.50. The summed E-state index contributed by atoms with van der Waals surface area (Å²) in [5.74, 6) is -0.365. The number of thiazole rings is 1. The van der Waals surface area contributed by atoms with Crippen molar-refractivity contribution in [3.63, 3.8) is 0 Å². The monoisotopic (exact) mass is 270 g/mol. The minimum Gasteiger partial charge on any atom is -0.464 e. The van der Waals surface area contributed by atoms with E-state index in [1.165, 1.54) is 37.7 Å². The van der Waals surface area contributed by atoms with Crippen LogP contribution in [0.15, 0.2) is 0 Å². The van der Waals surface area contributed by atoms with Crippen molar-refractivity contribution in [2.45, 2.75) is 52.5 Å². The molecule has 1 unspecified atom stereocenters. The molecule has 0 aromatic carbocycles. The van der Waals surface area contributed by atoms with Crippen LogP contribution < -0.4 is 5.32 Å². The summed E-state index contributed by atoms with van der Waals surface area (Å²) < 4.78 is 4.69. The Morgan fingerprint density at radius 2 is 2.22 bits per heavy atom. The van der Waals surface area contributed by atoms with Crippen molar-refractivity contribution in [2.24, 2.45) is 0 Å². The number of methoxy groups -OCH3 is 1. The smallest absolute Gasteiger partial charge is 0.357 e. The van der Waals surface area contributed by atoms with Gasteiger partial charge in [-0.05, 0) is 20.3 Å². The highest BCUT2D eigenvalue weighted by Crippen LogP contribution is 2.23. The molecule has 0 fully saturated rings. The summed E-state index contributed by atoms with van der Waals surface area (Å²) in [5, 5.41) is 4.14. The molecule has 1 N–H and O–H groups in total. The first-order chi connectivity index (χ1) is 8.58. The number of anilines is 1. The second kappa shape index (κ2) is 7.36. The SMILES string of the molecule is CCCCCC(C)Nc1nc(C(=O)OC)c(C)s1. The van der Waals surface area contributed by atoms with Gasteiger partial charge in [0.05, 0.1) is 7.11 Å². The molecule has 0 radical (unpaired) electrons. The van der Waals surface area contributed by atoms with Gasteiger partial charge >= 0.3 is 5.97 Å². The fourth-order valence-corrected chi connectivity index (χ4v) is 2.64. The maximum absolute atomic E-state index is 11.4. The Labute approximate surface area is 113 Å². The molecule has 0 spiro atoms. The van der Waals surface area contributed by atoms with Crippen LogP contribution in [0, 0.1) is 6.92 Å². The maximum atomic E-state index is 11.4. The van der Waals surface area contributed by atoms with Gasteiger partial charge in [-0.2, -0.15) is 0 Å². The van der Waals surface area contributed by atoms with Gasteiger partial charge in [-0.1, -0.05) is 26.2 Å². The van der Waals surface area contributed by atoms with Gasteiger partial charge in [-0.25, -0.2) is 9.78 Å². The van der Waals surface area contributed by atoms with Crippen molar-refractivity contribution in [1.29, 1.82) is 0 Å². The first kappa shape index (κ1) is 15.0. The van der Waals surface area contributed by atoms with Gasteiger partial charge < -0.3 is 10.1 Å². The zero-order chi connectivity index (χ0) is 13.5. The first-order valence-electron chi connectivity index (χ1n) is 6.40. The van der Waals surface area contributed by atoms with E-state index in [1.54, 1.807) is 0 Å². The molecule has 18 heavy (non-hydrogen) atoms. The average molecular weight is 270 g/mol. The van der Waals surface area contributed by atoms with E-state index >= 15 is 0 Å². The van der Waals surface area contributed by atoms with Crippen molar-refractivity contribution in [2.75, 3.05) is 12.4 Å². The molecule has 5 heteroatoms. The molecule has 0 saturated carbocycles. The van der Waals surface area contributed by atoms with Gasteiger partial charge in [-0.15, -0.1) is 11.3 Å². The number of rotatable bonds is 7. The van der Waals surface area contributed by atoms with Gasteiger partial charge in [0.1, 0.15) is 0 Å². The van der Waals surface area contributed by atoms with Crippen molar-refractivity contribution in [3.8, 4) is 0 Å². The topological polar surface area (TPSA) is 51.2 Å². The molecular weight excluding hydrogens is 248 g/mol. The van der Waals surface area contributed by atoms with Crippen LogP contribution in [-0.4, -0.2) is 24.1 Å². The van der Waals surface area contributed by atoms with E-state index in [4.69, 9.17) is 4.74 Å². The Balaban J connectivity index is 2.54. The lowest BCUT2D eigenvalue weighted by Gasteiger charge is -2.11. The summed E-state index contributed by atoms with van der Waals surface area (Å²) in [5.41, 5.74) is 0.422. The van der Waals surface area contributed by atoms with E-state index in [9.17, 15) is 4.79 Å². The van der Waals surface area contributed by atoms with E-state index in [0.717, 1.165) is 16.4 Å². The van der Waals surface area contributed by atoms with E-state index in [1.807, 2.05) is 6.92 Å².